The van der Waals surface area contributed by atoms with Crippen LogP contribution < -0.4 is 10.6 Å². The lowest BCUT2D eigenvalue weighted by Crippen LogP contribution is -2.35. The zero-order chi connectivity index (χ0) is 20.9. The molecule has 0 bridgehead atoms. The molecule has 5 heteroatoms. The first-order chi connectivity index (χ1) is 13.1. The van der Waals surface area contributed by atoms with Crippen molar-refractivity contribution in [3.63, 3.8) is 0 Å². The molecule has 0 aliphatic carbocycles. The second kappa shape index (κ2) is 9.54. The highest BCUT2D eigenvalue weighted by Crippen LogP contribution is 2.27. The Kier molecular flexibility index (Phi) is 7.63. The summed E-state index contributed by atoms with van der Waals surface area (Å²) in [5.41, 5.74) is 5.39. The van der Waals surface area contributed by atoms with Crippen molar-refractivity contribution in [3.8, 4) is 0 Å². The SMILES string of the molecule is Cc1cc(C(C)(C)C)cc(C)c1CC(=O)NCCNC(=O)c1ccccc1I. The highest BCUT2D eigenvalue weighted by molar-refractivity contribution is 14.1. The number of hydrogen-bond donors (Lipinski definition) is 2. The Bertz CT molecular complexity index is 846. The summed E-state index contributed by atoms with van der Waals surface area (Å²) >= 11 is 2.14. The van der Waals surface area contributed by atoms with E-state index in [9.17, 15) is 9.59 Å². The van der Waals surface area contributed by atoms with Crippen molar-refractivity contribution in [1.29, 1.82) is 0 Å². The lowest BCUT2D eigenvalue weighted by Gasteiger charge is -2.22. The molecular weight excluding hydrogens is 463 g/mol. The number of amides is 2. The molecule has 0 atom stereocenters. The maximum atomic E-state index is 12.3. The second-order valence-corrected chi connectivity index (χ2v) is 9.26. The van der Waals surface area contributed by atoms with Crippen LogP contribution in [0.25, 0.3) is 0 Å². The van der Waals surface area contributed by atoms with E-state index in [-0.39, 0.29) is 17.2 Å². The third kappa shape index (κ3) is 6.06. The normalized spacial score (nSPS) is 11.2. The van der Waals surface area contributed by atoms with E-state index >= 15 is 0 Å². The minimum atomic E-state index is -0.122. The van der Waals surface area contributed by atoms with Crippen molar-refractivity contribution >= 4 is 34.4 Å². The number of carbonyl (C=O) groups excluding carboxylic acids is 2. The van der Waals surface area contributed by atoms with Gasteiger partial charge in [0.05, 0.1) is 12.0 Å². The predicted molar refractivity (Wildman–Crippen MR) is 123 cm³/mol. The lowest BCUT2D eigenvalue weighted by molar-refractivity contribution is -0.120. The average Bonchev–Trinajstić information content (AvgIpc) is 2.61. The van der Waals surface area contributed by atoms with Gasteiger partial charge in [-0.25, -0.2) is 0 Å². The van der Waals surface area contributed by atoms with E-state index in [4.69, 9.17) is 0 Å². The molecule has 0 heterocycles. The number of aryl methyl sites for hydroxylation is 2. The molecule has 0 aromatic heterocycles. The number of carbonyl (C=O) groups is 2. The maximum Gasteiger partial charge on any atom is 0.252 e. The summed E-state index contributed by atoms with van der Waals surface area (Å²) in [4.78, 5) is 24.5. The van der Waals surface area contributed by atoms with Gasteiger partial charge >= 0.3 is 0 Å². The third-order valence-electron chi connectivity index (χ3n) is 4.75. The first kappa shape index (κ1) is 22.4. The average molecular weight is 492 g/mol. The number of rotatable bonds is 6. The van der Waals surface area contributed by atoms with E-state index in [1.165, 1.54) is 5.56 Å². The molecule has 0 unspecified atom stereocenters. The summed E-state index contributed by atoms with van der Waals surface area (Å²) in [6, 6.07) is 11.8. The van der Waals surface area contributed by atoms with Gasteiger partial charge in [0, 0.05) is 16.7 Å². The molecule has 2 rings (SSSR count). The summed E-state index contributed by atoms with van der Waals surface area (Å²) in [7, 11) is 0. The zero-order valence-electron chi connectivity index (χ0n) is 17.3. The molecule has 28 heavy (non-hydrogen) atoms. The molecular formula is C23H29IN2O2. The van der Waals surface area contributed by atoms with Crippen molar-refractivity contribution in [2.24, 2.45) is 0 Å². The number of halogens is 1. The van der Waals surface area contributed by atoms with E-state index in [2.05, 4.69) is 80.0 Å². The Hall–Kier alpha value is -1.89. The van der Waals surface area contributed by atoms with Crippen LogP contribution >= 0.6 is 22.6 Å². The third-order valence-corrected chi connectivity index (χ3v) is 5.69. The highest BCUT2D eigenvalue weighted by atomic mass is 127. The lowest BCUT2D eigenvalue weighted by atomic mass is 9.83. The van der Waals surface area contributed by atoms with Crippen LogP contribution in [0.15, 0.2) is 36.4 Å². The summed E-state index contributed by atoms with van der Waals surface area (Å²) in [6.45, 7) is 11.5. The van der Waals surface area contributed by atoms with Gasteiger partial charge in [-0.05, 0) is 76.2 Å². The standard InChI is InChI=1S/C23H29IN2O2/c1-15-12-17(23(3,4)5)13-16(2)19(15)14-21(27)25-10-11-26-22(28)18-8-6-7-9-20(18)24/h6-9,12-13H,10-11,14H2,1-5H3,(H,25,27)(H,26,28). The Balaban J connectivity index is 1.86. The molecule has 0 fully saturated rings. The van der Waals surface area contributed by atoms with E-state index < -0.39 is 0 Å². The van der Waals surface area contributed by atoms with E-state index in [1.54, 1.807) is 6.07 Å². The van der Waals surface area contributed by atoms with E-state index in [1.807, 2.05) is 18.2 Å². The molecule has 0 saturated heterocycles. The molecule has 2 aromatic carbocycles. The fourth-order valence-electron chi connectivity index (χ4n) is 3.05. The van der Waals surface area contributed by atoms with Crippen molar-refractivity contribution in [2.45, 2.75) is 46.5 Å². The van der Waals surface area contributed by atoms with Crippen LogP contribution in [0.5, 0.6) is 0 Å². The Labute approximate surface area is 181 Å². The fourth-order valence-corrected chi connectivity index (χ4v) is 3.68. The number of nitrogens with one attached hydrogen (secondary N) is 2. The van der Waals surface area contributed by atoms with Crippen LogP contribution in [0.2, 0.25) is 0 Å². The molecule has 0 radical (unpaired) electrons. The van der Waals surface area contributed by atoms with Gasteiger partial charge in [0.15, 0.2) is 0 Å². The molecule has 0 aliphatic rings. The van der Waals surface area contributed by atoms with Crippen LogP contribution in [0.1, 0.15) is 53.4 Å². The maximum absolute atomic E-state index is 12.3. The van der Waals surface area contributed by atoms with E-state index in [0.29, 0.717) is 25.1 Å². The van der Waals surface area contributed by atoms with Crippen LogP contribution in [0, 0.1) is 17.4 Å². The summed E-state index contributed by atoms with van der Waals surface area (Å²) in [5, 5.41) is 5.74. The topological polar surface area (TPSA) is 58.2 Å². The molecule has 0 saturated carbocycles. The largest absolute Gasteiger partial charge is 0.354 e. The minimum absolute atomic E-state index is 0.0294. The highest BCUT2D eigenvalue weighted by Gasteiger charge is 2.17. The van der Waals surface area contributed by atoms with E-state index in [0.717, 1.165) is 20.3 Å². The number of hydrogen-bond acceptors (Lipinski definition) is 2. The molecule has 2 N–H and O–H groups in total. The van der Waals surface area contributed by atoms with Crippen molar-refractivity contribution in [1.82, 2.24) is 10.6 Å². The molecule has 4 nitrogen and oxygen atoms in total. The monoisotopic (exact) mass is 492 g/mol. The smallest absolute Gasteiger partial charge is 0.252 e. The Morgan fingerprint density at radius 2 is 1.54 bits per heavy atom. The van der Waals surface area contributed by atoms with Crippen LogP contribution in [-0.4, -0.2) is 24.9 Å². The van der Waals surface area contributed by atoms with Crippen LogP contribution in [-0.2, 0) is 16.6 Å². The number of benzene rings is 2. The molecule has 2 aromatic rings. The Morgan fingerprint density at radius 1 is 0.964 bits per heavy atom. The van der Waals surface area contributed by atoms with Crippen molar-refractivity contribution < 1.29 is 9.59 Å². The van der Waals surface area contributed by atoms with Gasteiger partial charge in [0.1, 0.15) is 0 Å². The van der Waals surface area contributed by atoms with Gasteiger partial charge in [-0.15, -0.1) is 0 Å². The Morgan fingerprint density at radius 3 is 2.11 bits per heavy atom. The van der Waals surface area contributed by atoms with Gasteiger partial charge in [-0.2, -0.15) is 0 Å². The van der Waals surface area contributed by atoms with Gasteiger partial charge in [0.25, 0.3) is 5.91 Å². The predicted octanol–water partition coefficient (Wildman–Crippen LogP) is 4.29. The van der Waals surface area contributed by atoms with Crippen LogP contribution in [0.3, 0.4) is 0 Å². The van der Waals surface area contributed by atoms with Gasteiger partial charge in [-0.3, -0.25) is 9.59 Å². The molecule has 0 aliphatic heterocycles. The van der Waals surface area contributed by atoms with Gasteiger partial charge in [0.2, 0.25) is 5.91 Å². The van der Waals surface area contributed by atoms with Crippen molar-refractivity contribution in [3.05, 3.63) is 67.8 Å². The first-order valence-corrected chi connectivity index (χ1v) is 10.6. The minimum Gasteiger partial charge on any atom is -0.354 e. The first-order valence-electron chi connectivity index (χ1n) is 9.49. The second-order valence-electron chi connectivity index (χ2n) is 8.10. The molecule has 0 spiro atoms. The van der Waals surface area contributed by atoms with Gasteiger partial charge < -0.3 is 10.6 Å². The summed E-state index contributed by atoms with van der Waals surface area (Å²) < 4.78 is 0.909. The zero-order valence-corrected chi connectivity index (χ0v) is 19.4. The summed E-state index contributed by atoms with van der Waals surface area (Å²) in [5.74, 6) is -0.151. The van der Waals surface area contributed by atoms with Gasteiger partial charge in [-0.1, -0.05) is 45.0 Å². The van der Waals surface area contributed by atoms with Crippen LogP contribution in [0.4, 0.5) is 0 Å². The van der Waals surface area contributed by atoms with Crippen molar-refractivity contribution in [2.75, 3.05) is 13.1 Å². The molecule has 2 amide bonds. The fraction of sp³-hybridized carbons (Fsp3) is 0.391. The molecule has 150 valence electrons. The summed E-state index contributed by atoms with van der Waals surface area (Å²) in [6.07, 6.45) is 0.354. The quantitative estimate of drug-likeness (QED) is 0.467.